The Labute approximate surface area is 235 Å². The monoisotopic (exact) mass is 587 g/mol. The third kappa shape index (κ3) is 4.61. The van der Waals surface area contributed by atoms with Crippen LogP contribution < -0.4 is 9.80 Å². The van der Waals surface area contributed by atoms with Crippen molar-refractivity contribution in [1.29, 1.82) is 0 Å². The molecule has 0 N–H and O–H groups in total. The van der Waals surface area contributed by atoms with Crippen LogP contribution in [-0.2, 0) is 26.1 Å². The van der Waals surface area contributed by atoms with E-state index in [2.05, 4.69) is 0 Å². The van der Waals surface area contributed by atoms with E-state index >= 15 is 0 Å². The maximum atomic E-state index is 13.5. The predicted molar refractivity (Wildman–Crippen MR) is 146 cm³/mol. The number of hydrogen-bond acceptors (Lipinski definition) is 6. The van der Waals surface area contributed by atoms with Crippen molar-refractivity contribution in [2.45, 2.75) is 36.4 Å². The molecular weight excluding hydrogens is 565 g/mol. The number of nitrogens with zero attached hydrogens (tertiary/aromatic N) is 3. The summed E-state index contributed by atoms with van der Waals surface area (Å²) in [7, 11) is -3.88. The second kappa shape index (κ2) is 10.0. The molecule has 12 heteroatoms. The molecule has 9 nitrogen and oxygen atoms in total. The van der Waals surface area contributed by atoms with Crippen LogP contribution >= 0.6 is 23.2 Å². The summed E-state index contributed by atoms with van der Waals surface area (Å²) in [6.45, 7) is 0.575. The van der Waals surface area contributed by atoms with Gasteiger partial charge in [0.2, 0.25) is 10.0 Å². The highest BCUT2D eigenvalue weighted by atomic mass is 35.5. The van der Waals surface area contributed by atoms with Gasteiger partial charge in [-0.3, -0.25) is 9.80 Å². The number of rotatable bonds is 4. The normalized spacial score (nSPS) is 21.7. The number of ether oxygens (including phenoxy) is 2. The summed E-state index contributed by atoms with van der Waals surface area (Å²) in [6.07, 6.45) is 8.52. The molecule has 2 aromatic rings. The van der Waals surface area contributed by atoms with E-state index in [1.165, 1.54) is 33.7 Å². The third-order valence-electron chi connectivity index (χ3n) is 7.26. The van der Waals surface area contributed by atoms with Gasteiger partial charge < -0.3 is 9.47 Å². The van der Waals surface area contributed by atoms with E-state index in [-0.39, 0.29) is 35.7 Å². The van der Waals surface area contributed by atoms with E-state index in [4.69, 9.17) is 32.7 Å². The first-order valence-corrected chi connectivity index (χ1v) is 14.5. The molecule has 1 fully saturated rings. The minimum Gasteiger partial charge on any atom is -0.444 e. The van der Waals surface area contributed by atoms with Crippen molar-refractivity contribution in [2.24, 2.45) is 0 Å². The summed E-state index contributed by atoms with van der Waals surface area (Å²) in [5, 5.41) is 0.664. The molecule has 0 bridgehead atoms. The Morgan fingerprint density at radius 3 is 2.44 bits per heavy atom. The summed E-state index contributed by atoms with van der Waals surface area (Å²) in [5.74, 6) is 0. The fraction of sp³-hybridized carbons (Fsp3) is 0.259. The SMILES string of the molecule is O=C1OCc2cc(Cl)ccc2N1C1CCN(S(=O)(=O)c2ccc(N3C(=O)OC=C4C=CC=CC43)c(Cl)c2)CC1. The van der Waals surface area contributed by atoms with Crippen LogP contribution in [0.4, 0.5) is 21.0 Å². The van der Waals surface area contributed by atoms with Gasteiger partial charge >= 0.3 is 12.2 Å². The summed E-state index contributed by atoms with van der Waals surface area (Å²) < 4.78 is 38.9. The first kappa shape index (κ1) is 25.9. The average molecular weight is 588 g/mol. The molecule has 2 amide bonds. The zero-order valence-electron chi connectivity index (χ0n) is 20.5. The summed E-state index contributed by atoms with van der Waals surface area (Å²) >= 11 is 12.6. The van der Waals surface area contributed by atoms with Gasteiger partial charge in [-0.05, 0) is 49.2 Å². The van der Waals surface area contributed by atoms with Crippen molar-refractivity contribution >= 4 is 56.8 Å². The van der Waals surface area contributed by atoms with Crippen molar-refractivity contribution in [3.8, 4) is 0 Å². The van der Waals surface area contributed by atoms with Gasteiger partial charge in [-0.1, -0.05) is 47.5 Å². The maximum absolute atomic E-state index is 13.5. The fourth-order valence-corrected chi connectivity index (χ4v) is 7.35. The second-order valence-corrected chi connectivity index (χ2v) is 12.3. The highest BCUT2D eigenvalue weighted by molar-refractivity contribution is 7.89. The number of allylic oxidation sites excluding steroid dienone is 2. The highest BCUT2D eigenvalue weighted by Gasteiger charge is 2.38. The van der Waals surface area contributed by atoms with Crippen LogP contribution in [0, 0.1) is 0 Å². The van der Waals surface area contributed by atoms with E-state index in [0.717, 1.165) is 16.8 Å². The van der Waals surface area contributed by atoms with E-state index < -0.39 is 28.3 Å². The number of anilines is 2. The quantitative estimate of drug-likeness (QED) is 0.459. The minimum atomic E-state index is -3.88. The zero-order chi connectivity index (χ0) is 27.3. The fourth-order valence-electron chi connectivity index (χ4n) is 5.32. The maximum Gasteiger partial charge on any atom is 0.420 e. The Balaban J connectivity index is 1.20. The first-order valence-electron chi connectivity index (χ1n) is 12.3. The van der Waals surface area contributed by atoms with Crippen molar-refractivity contribution < 1.29 is 27.5 Å². The number of sulfonamides is 1. The Morgan fingerprint density at radius 1 is 0.897 bits per heavy atom. The van der Waals surface area contributed by atoms with Crippen LogP contribution in [0.1, 0.15) is 18.4 Å². The third-order valence-corrected chi connectivity index (χ3v) is 9.69. The van der Waals surface area contributed by atoms with Gasteiger partial charge in [0, 0.05) is 35.3 Å². The Morgan fingerprint density at radius 2 is 1.67 bits per heavy atom. The lowest BCUT2D eigenvalue weighted by Gasteiger charge is -2.39. The van der Waals surface area contributed by atoms with Crippen LogP contribution in [0.5, 0.6) is 0 Å². The smallest absolute Gasteiger partial charge is 0.420 e. The zero-order valence-corrected chi connectivity index (χ0v) is 22.8. The van der Waals surface area contributed by atoms with Gasteiger partial charge in [-0.2, -0.15) is 4.31 Å². The number of cyclic esters (lactones) is 2. The van der Waals surface area contributed by atoms with Gasteiger partial charge in [0.1, 0.15) is 12.9 Å². The van der Waals surface area contributed by atoms with E-state index in [1.54, 1.807) is 23.1 Å². The molecule has 1 unspecified atom stereocenters. The van der Waals surface area contributed by atoms with Crippen LogP contribution in [0.15, 0.2) is 77.4 Å². The molecule has 202 valence electrons. The Kier molecular flexibility index (Phi) is 6.66. The van der Waals surface area contributed by atoms with Crippen LogP contribution in [0.25, 0.3) is 0 Å². The van der Waals surface area contributed by atoms with E-state index in [0.29, 0.717) is 23.6 Å². The van der Waals surface area contributed by atoms with E-state index in [9.17, 15) is 18.0 Å². The molecule has 3 aliphatic heterocycles. The van der Waals surface area contributed by atoms with Crippen LogP contribution in [0.2, 0.25) is 10.0 Å². The lowest BCUT2D eigenvalue weighted by atomic mass is 10.0. The topological polar surface area (TPSA) is 96.5 Å². The van der Waals surface area contributed by atoms with Crippen LogP contribution in [-0.4, -0.2) is 50.1 Å². The molecule has 0 aromatic heterocycles. The molecule has 39 heavy (non-hydrogen) atoms. The van der Waals surface area contributed by atoms with E-state index in [1.807, 2.05) is 24.3 Å². The number of halogens is 2. The molecule has 1 atom stereocenters. The van der Waals surface area contributed by atoms with Crippen molar-refractivity contribution in [2.75, 3.05) is 22.9 Å². The highest BCUT2D eigenvalue weighted by Crippen LogP contribution is 2.37. The lowest BCUT2D eigenvalue weighted by Crippen LogP contribution is -2.50. The molecule has 0 spiro atoms. The summed E-state index contributed by atoms with van der Waals surface area (Å²) in [5.41, 5.74) is 2.66. The molecule has 2 aromatic carbocycles. The molecule has 0 radical (unpaired) electrons. The number of fused-ring (bicyclic) bond motifs is 2. The number of hydrogen-bond donors (Lipinski definition) is 0. The Bertz CT molecular complexity index is 1560. The van der Waals surface area contributed by atoms with Gasteiger partial charge in [0.05, 0.1) is 27.3 Å². The predicted octanol–water partition coefficient (Wildman–Crippen LogP) is 5.64. The van der Waals surface area contributed by atoms with Crippen molar-refractivity contribution in [3.63, 3.8) is 0 Å². The van der Waals surface area contributed by atoms with Crippen molar-refractivity contribution in [3.05, 3.63) is 88.1 Å². The number of carbonyl (C=O) groups excluding carboxylic acids is 2. The first-order chi connectivity index (χ1) is 18.7. The van der Waals surface area contributed by atoms with Crippen LogP contribution in [0.3, 0.4) is 0 Å². The molecule has 1 saturated heterocycles. The van der Waals surface area contributed by atoms with Gasteiger partial charge in [0.25, 0.3) is 0 Å². The summed E-state index contributed by atoms with van der Waals surface area (Å²) in [6, 6.07) is 8.97. The number of carbonyl (C=O) groups is 2. The summed E-state index contributed by atoms with van der Waals surface area (Å²) in [4.78, 5) is 28.2. The van der Waals surface area contributed by atoms with Gasteiger partial charge in [-0.15, -0.1) is 0 Å². The number of amides is 2. The molecule has 4 aliphatic rings. The minimum absolute atomic E-state index is 0.0206. The standard InChI is InChI=1S/C27H23Cl2N3O6S/c28-19-5-7-24-18(13-19)16-38-26(33)31(24)20-9-11-30(12-10-20)39(35,36)21-6-8-25(22(29)14-21)32-23-4-2-1-3-17(23)15-37-27(32)34/h1-8,13-15,20,23H,9-12,16H2. The molecule has 3 heterocycles. The number of piperidine rings is 1. The molecule has 0 saturated carbocycles. The molecular formula is C27H23Cl2N3O6S. The molecule has 6 rings (SSSR count). The van der Waals surface area contributed by atoms with Gasteiger partial charge in [0.15, 0.2) is 0 Å². The largest absolute Gasteiger partial charge is 0.444 e. The lowest BCUT2D eigenvalue weighted by molar-refractivity contribution is 0.136. The molecule has 1 aliphatic carbocycles. The van der Waals surface area contributed by atoms with Gasteiger partial charge in [-0.25, -0.2) is 18.0 Å². The second-order valence-electron chi connectivity index (χ2n) is 9.51. The Hall–Kier alpha value is -3.31. The number of benzene rings is 2. The average Bonchev–Trinajstić information content (AvgIpc) is 2.93. The van der Waals surface area contributed by atoms with Crippen molar-refractivity contribution in [1.82, 2.24) is 4.31 Å².